The molecule has 1 amide bonds. The fourth-order valence-corrected chi connectivity index (χ4v) is 3.66. The van der Waals surface area contributed by atoms with Crippen molar-refractivity contribution in [2.24, 2.45) is 0 Å². The van der Waals surface area contributed by atoms with Gasteiger partial charge in [-0.15, -0.1) is 0 Å². The second-order valence-electron chi connectivity index (χ2n) is 7.50. The van der Waals surface area contributed by atoms with Gasteiger partial charge in [-0.3, -0.25) is 4.79 Å². The molecule has 1 atom stereocenters. The van der Waals surface area contributed by atoms with E-state index in [9.17, 15) is 9.18 Å². The highest BCUT2D eigenvalue weighted by Gasteiger charge is 2.36. The summed E-state index contributed by atoms with van der Waals surface area (Å²) in [5.41, 5.74) is 1.52. The first-order valence-electron chi connectivity index (χ1n) is 9.41. The molecule has 1 aromatic carbocycles. The molecule has 148 valence electrons. The van der Waals surface area contributed by atoms with Gasteiger partial charge in [0.25, 0.3) is 0 Å². The van der Waals surface area contributed by atoms with Gasteiger partial charge in [0.2, 0.25) is 11.9 Å². The molecule has 2 heterocycles. The molecule has 8 heteroatoms. The van der Waals surface area contributed by atoms with Crippen LogP contribution < -0.4 is 19.9 Å². The number of likely N-dealkylation sites (N-methyl/N-ethyl adjacent to an activating group) is 2. The summed E-state index contributed by atoms with van der Waals surface area (Å²) in [6, 6.07) is 6.02. The zero-order valence-corrected chi connectivity index (χ0v) is 16.4. The largest absolute Gasteiger partial charge is 0.490 e. The first kappa shape index (κ1) is 18.5. The van der Waals surface area contributed by atoms with Crippen LogP contribution in [0.1, 0.15) is 25.5 Å². The maximum atomic E-state index is 13.0. The molecule has 1 N–H and O–H groups in total. The molecular weight excluding hydrogens is 361 g/mol. The minimum absolute atomic E-state index is 0.0298. The van der Waals surface area contributed by atoms with Crippen molar-refractivity contribution in [3.05, 3.63) is 35.8 Å². The quantitative estimate of drug-likeness (QED) is 0.873. The number of nitrogens with zero attached hydrogens (tertiary/aromatic N) is 4. The number of halogens is 1. The van der Waals surface area contributed by atoms with Gasteiger partial charge in [-0.25, -0.2) is 9.37 Å². The Morgan fingerprint density at radius 2 is 1.86 bits per heavy atom. The van der Waals surface area contributed by atoms with Crippen molar-refractivity contribution >= 4 is 23.4 Å². The van der Waals surface area contributed by atoms with Gasteiger partial charge in [0.15, 0.2) is 5.82 Å². The molecule has 0 saturated heterocycles. The lowest BCUT2D eigenvalue weighted by atomic mass is 9.89. The van der Waals surface area contributed by atoms with Crippen molar-refractivity contribution in [3.63, 3.8) is 0 Å². The number of anilines is 3. The molecule has 7 nitrogen and oxygen atoms in total. The molecule has 0 bridgehead atoms. The zero-order valence-electron chi connectivity index (χ0n) is 16.4. The predicted octanol–water partition coefficient (Wildman–Crippen LogP) is 2.75. The first-order chi connectivity index (χ1) is 13.3. The van der Waals surface area contributed by atoms with Gasteiger partial charge >= 0.3 is 0 Å². The fourth-order valence-electron chi connectivity index (χ4n) is 3.66. The maximum Gasteiger partial charge on any atom is 0.249 e. The smallest absolute Gasteiger partial charge is 0.249 e. The van der Waals surface area contributed by atoms with Gasteiger partial charge in [-0.1, -0.05) is 0 Å². The highest BCUT2D eigenvalue weighted by atomic mass is 19.1. The van der Waals surface area contributed by atoms with E-state index in [1.165, 1.54) is 12.1 Å². The van der Waals surface area contributed by atoms with Crippen LogP contribution in [0.2, 0.25) is 0 Å². The summed E-state index contributed by atoms with van der Waals surface area (Å²) >= 11 is 0. The molecule has 1 saturated carbocycles. The third-order valence-electron chi connectivity index (χ3n) is 5.52. The highest BCUT2D eigenvalue weighted by molar-refractivity contribution is 6.04. The van der Waals surface area contributed by atoms with E-state index in [2.05, 4.69) is 15.3 Å². The molecule has 2 aliphatic rings. The van der Waals surface area contributed by atoms with Crippen LogP contribution in [0.3, 0.4) is 0 Å². The highest BCUT2D eigenvalue weighted by Crippen LogP contribution is 2.36. The van der Waals surface area contributed by atoms with Gasteiger partial charge in [0.1, 0.15) is 29.4 Å². The number of nitrogens with one attached hydrogen (secondary N) is 1. The lowest BCUT2D eigenvalue weighted by Crippen LogP contribution is -2.50. The van der Waals surface area contributed by atoms with Crippen LogP contribution >= 0.6 is 0 Å². The number of aryl methyl sites for hydroxylation is 1. The van der Waals surface area contributed by atoms with E-state index in [0.29, 0.717) is 11.7 Å². The third kappa shape index (κ3) is 3.23. The number of amides is 1. The minimum Gasteiger partial charge on any atom is -0.490 e. The van der Waals surface area contributed by atoms with E-state index in [-0.39, 0.29) is 29.9 Å². The Hall–Kier alpha value is -2.90. The van der Waals surface area contributed by atoms with Gasteiger partial charge in [0.05, 0.1) is 5.69 Å². The lowest BCUT2D eigenvalue weighted by molar-refractivity contribution is -0.119. The Kier molecular flexibility index (Phi) is 4.56. The Morgan fingerprint density at radius 1 is 1.18 bits per heavy atom. The number of aromatic nitrogens is 2. The number of ether oxygens (including phenoxy) is 1. The average molecular weight is 385 g/mol. The molecule has 1 fully saturated rings. The zero-order chi connectivity index (χ0) is 20.0. The number of rotatable bonds is 4. The molecular formula is C20H24FN5O2. The summed E-state index contributed by atoms with van der Waals surface area (Å²) in [7, 11) is 3.64. The van der Waals surface area contributed by atoms with Crippen molar-refractivity contribution in [3.8, 4) is 5.75 Å². The molecule has 1 unspecified atom stereocenters. The van der Waals surface area contributed by atoms with Crippen LogP contribution in [0.5, 0.6) is 5.75 Å². The van der Waals surface area contributed by atoms with E-state index in [1.54, 1.807) is 24.1 Å². The summed E-state index contributed by atoms with van der Waals surface area (Å²) < 4.78 is 18.8. The van der Waals surface area contributed by atoms with Gasteiger partial charge in [-0.2, -0.15) is 4.98 Å². The van der Waals surface area contributed by atoms with Gasteiger partial charge in [0, 0.05) is 33.0 Å². The van der Waals surface area contributed by atoms with Crippen molar-refractivity contribution in [1.82, 2.24) is 9.97 Å². The summed E-state index contributed by atoms with van der Waals surface area (Å²) in [4.78, 5) is 25.1. The Morgan fingerprint density at radius 3 is 2.54 bits per heavy atom. The monoisotopic (exact) mass is 385 g/mol. The van der Waals surface area contributed by atoms with Crippen LogP contribution in [0.25, 0.3) is 0 Å². The number of benzene rings is 1. The van der Waals surface area contributed by atoms with E-state index < -0.39 is 0 Å². The molecule has 1 aliphatic carbocycles. The number of carbonyl (C=O) groups excluding carboxylic acids is 1. The Balaban J connectivity index is 1.42. The van der Waals surface area contributed by atoms with E-state index in [1.807, 2.05) is 25.8 Å². The van der Waals surface area contributed by atoms with Crippen LogP contribution in [-0.4, -0.2) is 48.2 Å². The van der Waals surface area contributed by atoms with Gasteiger partial charge in [-0.05, 0) is 38.1 Å². The van der Waals surface area contributed by atoms with Gasteiger partial charge < -0.3 is 19.9 Å². The molecule has 0 spiro atoms. The van der Waals surface area contributed by atoms with Crippen LogP contribution in [0.15, 0.2) is 24.3 Å². The first-order valence-corrected chi connectivity index (χ1v) is 9.41. The van der Waals surface area contributed by atoms with E-state index in [0.717, 1.165) is 30.0 Å². The SMILES string of the molecule is Cc1nc(NC2CC(Oc3ccc(F)cc3)C2)nc2c1N(C)C(=O)C(C)N2C. The predicted molar refractivity (Wildman–Crippen MR) is 106 cm³/mol. The van der Waals surface area contributed by atoms with Crippen LogP contribution in [0.4, 0.5) is 21.8 Å². The summed E-state index contributed by atoms with van der Waals surface area (Å²) in [6.45, 7) is 3.76. The fraction of sp³-hybridized carbons (Fsp3) is 0.450. The van der Waals surface area contributed by atoms with Crippen LogP contribution in [0, 0.1) is 12.7 Å². The van der Waals surface area contributed by atoms with Crippen molar-refractivity contribution in [2.45, 2.75) is 44.9 Å². The van der Waals surface area contributed by atoms with E-state index >= 15 is 0 Å². The second kappa shape index (κ2) is 6.92. The average Bonchev–Trinajstić information content (AvgIpc) is 2.64. The number of hydrogen-bond donors (Lipinski definition) is 1. The summed E-state index contributed by atoms with van der Waals surface area (Å²) in [5, 5.41) is 3.36. The minimum atomic E-state index is -0.271. The molecule has 4 rings (SSSR count). The molecule has 28 heavy (non-hydrogen) atoms. The summed E-state index contributed by atoms with van der Waals surface area (Å²) in [5.74, 6) is 1.75. The van der Waals surface area contributed by atoms with Crippen molar-refractivity contribution < 1.29 is 13.9 Å². The van der Waals surface area contributed by atoms with Crippen LogP contribution in [-0.2, 0) is 4.79 Å². The third-order valence-corrected chi connectivity index (χ3v) is 5.52. The molecule has 1 aliphatic heterocycles. The number of hydrogen-bond acceptors (Lipinski definition) is 6. The Labute approximate surface area is 163 Å². The number of fused-ring (bicyclic) bond motifs is 1. The normalized spacial score (nSPS) is 23.9. The Bertz CT molecular complexity index is 898. The molecule has 1 aromatic heterocycles. The molecule has 2 aromatic rings. The standard InChI is InChI=1S/C20H24FN5O2/c1-11-17-18(25(3)12(2)19(27)26(17)4)24-20(22-11)23-14-9-16(10-14)28-15-7-5-13(21)6-8-15/h5-8,12,14,16H,9-10H2,1-4H3,(H,22,23,24). The van der Waals surface area contributed by atoms with Crippen molar-refractivity contribution in [2.75, 3.05) is 29.2 Å². The lowest BCUT2D eigenvalue weighted by Gasteiger charge is -2.38. The van der Waals surface area contributed by atoms with E-state index in [4.69, 9.17) is 4.74 Å². The number of carbonyl (C=O) groups is 1. The molecule has 0 radical (unpaired) electrons. The summed E-state index contributed by atoms with van der Waals surface area (Å²) in [6.07, 6.45) is 1.73. The van der Waals surface area contributed by atoms with Crippen molar-refractivity contribution in [1.29, 1.82) is 0 Å². The second-order valence-corrected chi connectivity index (χ2v) is 7.50. The topological polar surface area (TPSA) is 70.6 Å². The maximum absolute atomic E-state index is 13.0.